The number of benzene rings is 1. The van der Waals surface area contributed by atoms with Crippen LogP contribution >= 0.6 is 0 Å². The summed E-state index contributed by atoms with van der Waals surface area (Å²) < 4.78 is 4.22. The van der Waals surface area contributed by atoms with Crippen LogP contribution in [0.25, 0.3) is 10.9 Å². The number of aryl methyl sites for hydroxylation is 3. The number of aromatic nitrogens is 3. The molecular weight excluding hydrogens is 254 g/mol. The van der Waals surface area contributed by atoms with Gasteiger partial charge in [0.2, 0.25) is 0 Å². The number of carboxylic acid groups (broad SMARTS) is 1. The Labute approximate surface area is 116 Å². The maximum Gasteiger partial charge on any atom is 0.335 e. The Kier molecular flexibility index (Phi) is 3.02. The molecule has 1 N–H and O–H groups in total. The summed E-state index contributed by atoms with van der Waals surface area (Å²) in [4.78, 5) is 15.2. The minimum Gasteiger partial charge on any atom is -0.478 e. The average Bonchev–Trinajstić information content (AvgIpc) is 3.02. The molecule has 3 rings (SSSR count). The van der Waals surface area contributed by atoms with E-state index < -0.39 is 5.97 Å². The molecule has 0 saturated carbocycles. The first-order valence-electron chi connectivity index (χ1n) is 6.45. The number of imidazole rings is 1. The lowest BCUT2D eigenvalue weighted by Crippen LogP contribution is -2.07. The zero-order valence-corrected chi connectivity index (χ0v) is 11.2. The molecule has 0 radical (unpaired) electrons. The van der Waals surface area contributed by atoms with Crippen molar-refractivity contribution in [3.05, 3.63) is 54.2 Å². The van der Waals surface area contributed by atoms with Crippen LogP contribution in [0.1, 0.15) is 16.2 Å². The van der Waals surface area contributed by atoms with Crippen molar-refractivity contribution < 1.29 is 9.90 Å². The number of hydrogen-bond donors (Lipinski definition) is 1. The molecule has 0 aliphatic carbocycles. The number of nitrogens with zero attached hydrogens (tertiary/aromatic N) is 3. The summed E-state index contributed by atoms with van der Waals surface area (Å²) in [6.07, 6.45) is 5.74. The Morgan fingerprint density at radius 3 is 2.70 bits per heavy atom. The van der Waals surface area contributed by atoms with Gasteiger partial charge in [0, 0.05) is 42.6 Å². The quantitative estimate of drug-likeness (QED) is 0.791. The van der Waals surface area contributed by atoms with Crippen molar-refractivity contribution in [3.63, 3.8) is 0 Å². The van der Waals surface area contributed by atoms with E-state index in [1.54, 1.807) is 18.3 Å². The normalized spacial score (nSPS) is 11.1. The number of carboxylic acids is 1. The SMILES string of the molecule is Cc1nccn1CCn1ccc2cc(C(=O)O)ccc21. The second-order valence-electron chi connectivity index (χ2n) is 4.76. The topological polar surface area (TPSA) is 60.0 Å². The third-order valence-electron chi connectivity index (χ3n) is 3.52. The predicted molar refractivity (Wildman–Crippen MR) is 75.9 cm³/mol. The van der Waals surface area contributed by atoms with Gasteiger partial charge in [-0.15, -0.1) is 0 Å². The molecule has 0 aliphatic heterocycles. The standard InChI is InChI=1S/C15H15N3O2/c1-11-16-5-7-17(11)8-9-18-6-4-12-10-13(15(19)20)2-3-14(12)18/h2-7,10H,8-9H2,1H3,(H,19,20). The van der Waals surface area contributed by atoms with Gasteiger partial charge in [0.25, 0.3) is 0 Å². The highest BCUT2D eigenvalue weighted by atomic mass is 16.4. The fourth-order valence-corrected chi connectivity index (χ4v) is 2.38. The van der Waals surface area contributed by atoms with Crippen LogP contribution in [0.15, 0.2) is 42.9 Å². The van der Waals surface area contributed by atoms with Crippen LogP contribution in [-0.2, 0) is 13.1 Å². The molecule has 0 atom stereocenters. The van der Waals surface area contributed by atoms with E-state index in [0.29, 0.717) is 5.56 Å². The van der Waals surface area contributed by atoms with Crippen LogP contribution in [0.4, 0.5) is 0 Å². The highest BCUT2D eigenvalue weighted by Gasteiger charge is 2.06. The van der Waals surface area contributed by atoms with E-state index in [4.69, 9.17) is 5.11 Å². The molecule has 2 aromatic heterocycles. The molecule has 0 amide bonds. The van der Waals surface area contributed by atoms with Gasteiger partial charge in [-0.1, -0.05) is 0 Å². The van der Waals surface area contributed by atoms with Gasteiger partial charge in [0.15, 0.2) is 0 Å². The Morgan fingerprint density at radius 2 is 2.00 bits per heavy atom. The summed E-state index contributed by atoms with van der Waals surface area (Å²) in [5, 5.41) is 9.94. The number of aromatic carboxylic acids is 1. The minimum absolute atomic E-state index is 0.320. The Balaban J connectivity index is 1.85. The molecule has 0 fully saturated rings. The number of hydrogen-bond acceptors (Lipinski definition) is 2. The number of carbonyl (C=O) groups is 1. The highest BCUT2D eigenvalue weighted by Crippen LogP contribution is 2.18. The number of fused-ring (bicyclic) bond motifs is 1. The first kappa shape index (κ1) is 12.5. The zero-order valence-electron chi connectivity index (χ0n) is 11.2. The smallest absolute Gasteiger partial charge is 0.335 e. The first-order chi connectivity index (χ1) is 9.65. The minimum atomic E-state index is -0.895. The van der Waals surface area contributed by atoms with Crippen molar-refractivity contribution in [3.8, 4) is 0 Å². The third kappa shape index (κ3) is 2.18. The monoisotopic (exact) mass is 269 g/mol. The Hall–Kier alpha value is -2.56. The van der Waals surface area contributed by atoms with Gasteiger partial charge in [-0.25, -0.2) is 9.78 Å². The largest absolute Gasteiger partial charge is 0.478 e. The van der Waals surface area contributed by atoms with Crippen molar-refractivity contribution in [2.75, 3.05) is 0 Å². The lowest BCUT2D eigenvalue weighted by molar-refractivity contribution is 0.0697. The number of rotatable bonds is 4. The van der Waals surface area contributed by atoms with E-state index in [1.807, 2.05) is 31.5 Å². The lowest BCUT2D eigenvalue weighted by atomic mass is 10.1. The molecule has 5 nitrogen and oxygen atoms in total. The predicted octanol–water partition coefficient (Wildman–Crippen LogP) is 2.54. The molecular formula is C15H15N3O2. The maximum atomic E-state index is 11.0. The van der Waals surface area contributed by atoms with Crippen LogP contribution in [0.3, 0.4) is 0 Å². The van der Waals surface area contributed by atoms with Crippen molar-refractivity contribution in [2.24, 2.45) is 0 Å². The summed E-state index contributed by atoms with van der Waals surface area (Å²) in [5.41, 5.74) is 1.37. The summed E-state index contributed by atoms with van der Waals surface area (Å²) >= 11 is 0. The summed E-state index contributed by atoms with van der Waals surface area (Å²) in [6.45, 7) is 3.65. The van der Waals surface area contributed by atoms with Gasteiger partial charge in [-0.3, -0.25) is 0 Å². The molecule has 0 bridgehead atoms. The van der Waals surface area contributed by atoms with Crippen molar-refractivity contribution in [1.29, 1.82) is 0 Å². The molecule has 20 heavy (non-hydrogen) atoms. The van der Waals surface area contributed by atoms with Gasteiger partial charge in [0.05, 0.1) is 5.56 Å². The van der Waals surface area contributed by atoms with Crippen molar-refractivity contribution in [1.82, 2.24) is 14.1 Å². The second kappa shape index (κ2) is 4.85. The van der Waals surface area contributed by atoms with E-state index in [1.165, 1.54) is 0 Å². The van der Waals surface area contributed by atoms with E-state index in [2.05, 4.69) is 14.1 Å². The lowest BCUT2D eigenvalue weighted by Gasteiger charge is -2.08. The van der Waals surface area contributed by atoms with Gasteiger partial charge >= 0.3 is 5.97 Å². The van der Waals surface area contributed by atoms with Crippen molar-refractivity contribution in [2.45, 2.75) is 20.0 Å². The molecule has 0 aliphatic rings. The van der Waals surface area contributed by atoms with Gasteiger partial charge in [-0.2, -0.15) is 0 Å². The Morgan fingerprint density at radius 1 is 1.20 bits per heavy atom. The van der Waals surface area contributed by atoms with Crippen LogP contribution in [0.5, 0.6) is 0 Å². The fraction of sp³-hybridized carbons (Fsp3) is 0.200. The van der Waals surface area contributed by atoms with Crippen LogP contribution in [0, 0.1) is 6.92 Å². The van der Waals surface area contributed by atoms with Gasteiger partial charge in [-0.05, 0) is 31.2 Å². The van der Waals surface area contributed by atoms with Crippen LogP contribution in [-0.4, -0.2) is 25.2 Å². The van der Waals surface area contributed by atoms with Crippen molar-refractivity contribution >= 4 is 16.9 Å². The maximum absolute atomic E-state index is 11.0. The van der Waals surface area contributed by atoms with Crippen LogP contribution < -0.4 is 0 Å². The highest BCUT2D eigenvalue weighted by molar-refractivity contribution is 5.93. The van der Waals surface area contributed by atoms with E-state index in [-0.39, 0.29) is 0 Å². The molecule has 0 spiro atoms. The fourth-order valence-electron chi connectivity index (χ4n) is 2.38. The summed E-state index contributed by atoms with van der Waals surface area (Å²) in [5.74, 6) is 0.100. The molecule has 3 aromatic rings. The average molecular weight is 269 g/mol. The molecule has 0 unspecified atom stereocenters. The molecule has 102 valence electrons. The summed E-state index contributed by atoms with van der Waals surface area (Å²) in [6, 6.07) is 7.16. The Bertz CT molecular complexity index is 770. The molecule has 1 aromatic carbocycles. The van der Waals surface area contributed by atoms with Gasteiger partial charge < -0.3 is 14.2 Å². The molecule has 2 heterocycles. The van der Waals surface area contributed by atoms with Crippen LogP contribution in [0.2, 0.25) is 0 Å². The molecule has 0 saturated heterocycles. The second-order valence-corrected chi connectivity index (χ2v) is 4.76. The van der Waals surface area contributed by atoms with Gasteiger partial charge in [0.1, 0.15) is 5.82 Å². The van der Waals surface area contributed by atoms with E-state index >= 15 is 0 Å². The first-order valence-corrected chi connectivity index (χ1v) is 6.45. The third-order valence-corrected chi connectivity index (χ3v) is 3.52. The summed E-state index contributed by atoms with van der Waals surface area (Å²) in [7, 11) is 0. The molecule has 5 heteroatoms. The van der Waals surface area contributed by atoms with E-state index in [9.17, 15) is 4.79 Å². The van der Waals surface area contributed by atoms with E-state index in [0.717, 1.165) is 29.8 Å². The zero-order chi connectivity index (χ0) is 14.1.